The topological polar surface area (TPSA) is 94.8 Å². The van der Waals surface area contributed by atoms with Crippen molar-refractivity contribution in [2.45, 2.75) is 59.5 Å². The second kappa shape index (κ2) is 9.22. The number of allylic oxidation sites excluding steroid dienone is 3. The molecule has 1 aromatic carbocycles. The van der Waals surface area contributed by atoms with Crippen molar-refractivity contribution in [3.8, 4) is 0 Å². The van der Waals surface area contributed by atoms with Gasteiger partial charge < -0.3 is 19.2 Å². The highest BCUT2D eigenvalue weighted by Crippen LogP contribution is 2.46. The molecule has 0 radical (unpaired) electrons. The molecule has 1 aromatic heterocycles. The van der Waals surface area contributed by atoms with Crippen LogP contribution in [-0.2, 0) is 19.1 Å². The van der Waals surface area contributed by atoms with Gasteiger partial charge in [0.2, 0.25) is 0 Å². The molecule has 34 heavy (non-hydrogen) atoms. The van der Waals surface area contributed by atoms with Gasteiger partial charge in [-0.15, -0.1) is 0 Å². The van der Waals surface area contributed by atoms with Gasteiger partial charge in [0.15, 0.2) is 11.2 Å². The summed E-state index contributed by atoms with van der Waals surface area (Å²) >= 11 is 0. The number of hydrogen-bond donors (Lipinski definition) is 1. The Morgan fingerprint density at radius 2 is 1.91 bits per heavy atom. The van der Waals surface area contributed by atoms with E-state index in [-0.39, 0.29) is 47.1 Å². The lowest BCUT2D eigenvalue weighted by molar-refractivity contribution is -0.141. The molecule has 2 aliphatic rings. The molecule has 0 amide bonds. The molecule has 1 unspecified atom stereocenters. The van der Waals surface area contributed by atoms with E-state index in [0.29, 0.717) is 35.1 Å². The first kappa shape index (κ1) is 24.0. The van der Waals surface area contributed by atoms with Crippen LogP contribution in [0.3, 0.4) is 0 Å². The molecule has 0 spiro atoms. The van der Waals surface area contributed by atoms with Crippen LogP contribution < -0.4 is 10.7 Å². The van der Waals surface area contributed by atoms with E-state index in [2.05, 4.69) is 5.32 Å². The average Bonchev–Trinajstić information content (AvgIpc) is 2.75. The van der Waals surface area contributed by atoms with Crippen LogP contribution in [0.1, 0.15) is 58.9 Å². The van der Waals surface area contributed by atoms with Gasteiger partial charge in [0, 0.05) is 29.0 Å². The zero-order chi connectivity index (χ0) is 24.6. The predicted octanol–water partition coefficient (Wildman–Crippen LogP) is 4.37. The number of para-hydroxylation sites is 1. The largest absolute Gasteiger partial charge is 0.464 e. The van der Waals surface area contributed by atoms with E-state index in [0.717, 1.165) is 5.70 Å². The fraction of sp³-hybridized carbons (Fsp3) is 0.444. The van der Waals surface area contributed by atoms with E-state index in [1.54, 1.807) is 31.2 Å². The van der Waals surface area contributed by atoms with Gasteiger partial charge in [0.1, 0.15) is 12.2 Å². The molecule has 180 valence electrons. The van der Waals surface area contributed by atoms with Gasteiger partial charge in [0.05, 0.1) is 35.9 Å². The molecule has 1 N–H and O–H groups in total. The van der Waals surface area contributed by atoms with Gasteiger partial charge in [-0.3, -0.25) is 9.59 Å². The normalized spacial score (nSPS) is 19.9. The third kappa shape index (κ3) is 4.57. The van der Waals surface area contributed by atoms with Crippen molar-refractivity contribution in [2.75, 3.05) is 13.2 Å². The third-order valence-electron chi connectivity index (χ3n) is 6.25. The Balaban J connectivity index is 1.81. The number of esters is 1. The number of Topliss-reactive ketones (excluding diaryl/α,β-unsaturated/α-hetero) is 1. The molecule has 4 rings (SSSR count). The fourth-order valence-electron chi connectivity index (χ4n) is 4.81. The molecule has 2 heterocycles. The number of ether oxygens (including phenoxy) is 2. The maximum absolute atomic E-state index is 13.5. The Hall–Kier alpha value is -3.19. The van der Waals surface area contributed by atoms with Crippen LogP contribution in [0.2, 0.25) is 0 Å². The Morgan fingerprint density at radius 1 is 1.18 bits per heavy atom. The molecule has 0 saturated heterocycles. The summed E-state index contributed by atoms with van der Waals surface area (Å²) < 4.78 is 16.8. The van der Waals surface area contributed by atoms with Crippen LogP contribution in [-0.4, -0.2) is 31.1 Å². The number of benzene rings is 1. The maximum Gasteiger partial charge on any atom is 0.336 e. The van der Waals surface area contributed by atoms with Gasteiger partial charge in [-0.25, -0.2) is 4.79 Å². The minimum Gasteiger partial charge on any atom is -0.464 e. The average molecular weight is 466 g/mol. The van der Waals surface area contributed by atoms with Crippen LogP contribution >= 0.6 is 0 Å². The Labute approximate surface area is 198 Å². The lowest BCUT2D eigenvalue weighted by Crippen LogP contribution is -2.39. The van der Waals surface area contributed by atoms with Gasteiger partial charge in [-0.2, -0.15) is 0 Å². The maximum atomic E-state index is 13.5. The van der Waals surface area contributed by atoms with Crippen molar-refractivity contribution in [1.82, 2.24) is 5.32 Å². The van der Waals surface area contributed by atoms with E-state index in [4.69, 9.17) is 13.9 Å². The highest BCUT2D eigenvalue weighted by atomic mass is 16.6. The number of rotatable bonds is 6. The molecule has 7 heteroatoms. The smallest absolute Gasteiger partial charge is 0.336 e. The van der Waals surface area contributed by atoms with Crippen LogP contribution in [0.15, 0.2) is 62.3 Å². The number of carbonyl (C=O) groups excluding carboxylic acids is 2. The van der Waals surface area contributed by atoms with Crippen molar-refractivity contribution >= 4 is 22.7 Å². The molecule has 0 fully saturated rings. The van der Waals surface area contributed by atoms with Gasteiger partial charge in [0.25, 0.3) is 0 Å². The molecule has 7 nitrogen and oxygen atoms in total. The minimum atomic E-state index is -0.862. The summed E-state index contributed by atoms with van der Waals surface area (Å²) in [6, 6.07) is 6.95. The molecule has 0 bridgehead atoms. The minimum absolute atomic E-state index is 0.0157. The summed E-state index contributed by atoms with van der Waals surface area (Å²) in [7, 11) is 0. The van der Waals surface area contributed by atoms with Crippen LogP contribution in [0.4, 0.5) is 0 Å². The number of ketones is 1. The van der Waals surface area contributed by atoms with E-state index >= 15 is 0 Å². The summed E-state index contributed by atoms with van der Waals surface area (Å²) in [5.74, 6) is -1.53. The molecule has 1 aliphatic heterocycles. The SMILES string of the molecule is CC1=C(C(=O)OCCOC(C)C)C(c2coc3ccccc3c2=O)C2=C(CC(C)(C)CC2=O)N1. The number of nitrogens with one attached hydrogen (secondary N) is 1. The Bertz CT molecular complexity index is 1260. The summed E-state index contributed by atoms with van der Waals surface area (Å²) in [6.07, 6.45) is 2.35. The zero-order valence-corrected chi connectivity index (χ0v) is 20.3. The van der Waals surface area contributed by atoms with Crippen molar-refractivity contribution in [3.05, 3.63) is 68.9 Å². The van der Waals surface area contributed by atoms with E-state index in [9.17, 15) is 14.4 Å². The first-order valence-corrected chi connectivity index (χ1v) is 11.6. The van der Waals surface area contributed by atoms with Crippen molar-refractivity contribution in [3.63, 3.8) is 0 Å². The lowest BCUT2D eigenvalue weighted by Gasteiger charge is -2.39. The van der Waals surface area contributed by atoms with E-state index < -0.39 is 11.9 Å². The van der Waals surface area contributed by atoms with Crippen molar-refractivity contribution < 1.29 is 23.5 Å². The number of carbonyl (C=O) groups is 2. The van der Waals surface area contributed by atoms with Crippen molar-refractivity contribution in [2.24, 2.45) is 5.41 Å². The monoisotopic (exact) mass is 465 g/mol. The number of dihydropyridines is 1. The molecule has 2 aromatic rings. The zero-order valence-electron chi connectivity index (χ0n) is 20.3. The highest BCUT2D eigenvalue weighted by molar-refractivity contribution is 6.04. The van der Waals surface area contributed by atoms with E-state index in [1.807, 2.05) is 27.7 Å². The summed E-state index contributed by atoms with van der Waals surface area (Å²) in [4.78, 5) is 40.2. The standard InChI is InChI=1S/C27H31NO6/c1-15(2)32-10-11-33-26(31)22-16(3)28-19-12-27(4,5)13-20(29)24(19)23(22)18-14-34-21-9-7-6-8-17(21)25(18)30/h6-9,14-15,23,28H,10-13H2,1-5H3. The third-order valence-corrected chi connectivity index (χ3v) is 6.25. The fourth-order valence-corrected chi connectivity index (χ4v) is 4.81. The van der Waals surface area contributed by atoms with Gasteiger partial charge in [-0.05, 0) is 44.7 Å². The Morgan fingerprint density at radius 3 is 2.65 bits per heavy atom. The first-order chi connectivity index (χ1) is 16.1. The molecule has 1 aliphatic carbocycles. The summed E-state index contributed by atoms with van der Waals surface area (Å²) in [5, 5.41) is 3.68. The second-order valence-electron chi connectivity index (χ2n) is 10.0. The van der Waals surface area contributed by atoms with Crippen LogP contribution in [0.25, 0.3) is 11.0 Å². The first-order valence-electron chi connectivity index (χ1n) is 11.6. The molecular formula is C27H31NO6. The highest BCUT2D eigenvalue weighted by Gasteiger charge is 2.44. The molecular weight excluding hydrogens is 434 g/mol. The predicted molar refractivity (Wildman–Crippen MR) is 128 cm³/mol. The second-order valence-corrected chi connectivity index (χ2v) is 10.0. The quantitative estimate of drug-likeness (QED) is 0.500. The van der Waals surface area contributed by atoms with Gasteiger partial charge in [-0.1, -0.05) is 26.0 Å². The van der Waals surface area contributed by atoms with E-state index in [1.165, 1.54) is 6.26 Å². The summed E-state index contributed by atoms with van der Waals surface area (Å²) in [5.41, 5.74) is 2.22. The summed E-state index contributed by atoms with van der Waals surface area (Å²) in [6.45, 7) is 9.97. The lowest BCUT2D eigenvalue weighted by atomic mass is 9.68. The molecule has 0 saturated carbocycles. The number of fused-ring (bicyclic) bond motifs is 1. The number of hydrogen-bond acceptors (Lipinski definition) is 7. The van der Waals surface area contributed by atoms with Crippen LogP contribution in [0, 0.1) is 5.41 Å². The molecule has 1 atom stereocenters. The van der Waals surface area contributed by atoms with Gasteiger partial charge >= 0.3 is 5.97 Å². The Kier molecular flexibility index (Phi) is 6.49. The van der Waals surface area contributed by atoms with Crippen molar-refractivity contribution in [1.29, 1.82) is 0 Å². The van der Waals surface area contributed by atoms with Crippen LogP contribution in [0.5, 0.6) is 0 Å².